The molecular formula is C23H38BN3O5. The molecule has 0 aliphatic carbocycles. The molecule has 0 unspecified atom stereocenters. The molecule has 0 aromatic heterocycles. The van der Waals surface area contributed by atoms with Gasteiger partial charge in [-0.25, -0.2) is 4.79 Å². The number of carbonyl (C=O) groups is 3. The van der Waals surface area contributed by atoms with Gasteiger partial charge >= 0.3 is 13.1 Å². The molecule has 0 radical (unpaired) electrons. The van der Waals surface area contributed by atoms with E-state index in [4.69, 9.17) is 5.73 Å². The first-order chi connectivity index (χ1) is 15.1. The number of benzene rings is 1. The summed E-state index contributed by atoms with van der Waals surface area (Å²) >= 11 is 0. The number of hydrogen-bond donors (Lipinski definition) is 5. The molecule has 8 nitrogen and oxygen atoms in total. The van der Waals surface area contributed by atoms with Gasteiger partial charge in [0.05, 0.1) is 5.94 Å². The quantitative estimate of drug-likeness (QED) is 0.159. The third-order valence-electron chi connectivity index (χ3n) is 5.34. The topological polar surface area (TPSA) is 142 Å². The molecular weight excluding hydrogens is 409 g/mol. The van der Waals surface area contributed by atoms with E-state index in [0.29, 0.717) is 24.8 Å². The van der Waals surface area contributed by atoms with Crippen LogP contribution in [0.15, 0.2) is 24.3 Å². The average molecular weight is 447 g/mol. The van der Waals surface area contributed by atoms with Gasteiger partial charge in [0.2, 0.25) is 5.91 Å². The Kier molecular flexibility index (Phi) is 12.6. The van der Waals surface area contributed by atoms with Crippen LogP contribution in [0.2, 0.25) is 0 Å². The smallest absolute Gasteiger partial charge is 0.426 e. The van der Waals surface area contributed by atoms with Crippen molar-refractivity contribution < 1.29 is 24.4 Å². The van der Waals surface area contributed by atoms with Crippen LogP contribution >= 0.6 is 0 Å². The molecule has 0 aliphatic rings. The largest absolute Gasteiger partial charge is 0.475 e. The van der Waals surface area contributed by atoms with Gasteiger partial charge in [-0.1, -0.05) is 51.5 Å². The minimum Gasteiger partial charge on any atom is -0.426 e. The van der Waals surface area contributed by atoms with Crippen LogP contribution in [0.25, 0.3) is 0 Å². The summed E-state index contributed by atoms with van der Waals surface area (Å²) in [5.41, 5.74) is 6.79. The van der Waals surface area contributed by atoms with E-state index in [0.717, 1.165) is 19.3 Å². The highest BCUT2D eigenvalue weighted by molar-refractivity contribution is 6.43. The van der Waals surface area contributed by atoms with Crippen molar-refractivity contribution in [1.82, 2.24) is 10.6 Å². The maximum absolute atomic E-state index is 12.9. The molecule has 2 atom stereocenters. The number of rotatable bonds is 15. The van der Waals surface area contributed by atoms with Crippen LogP contribution in [0.5, 0.6) is 0 Å². The van der Waals surface area contributed by atoms with Crippen molar-refractivity contribution in [3.8, 4) is 0 Å². The zero-order chi connectivity index (χ0) is 24.1. The van der Waals surface area contributed by atoms with Gasteiger partial charge in [0, 0.05) is 24.4 Å². The van der Waals surface area contributed by atoms with E-state index < -0.39 is 30.9 Å². The second-order valence-corrected chi connectivity index (χ2v) is 8.72. The average Bonchev–Trinajstić information content (AvgIpc) is 2.73. The van der Waals surface area contributed by atoms with Crippen LogP contribution in [0.1, 0.15) is 75.2 Å². The highest BCUT2D eigenvalue weighted by atomic mass is 16.4. The fourth-order valence-corrected chi connectivity index (χ4v) is 3.53. The van der Waals surface area contributed by atoms with Crippen LogP contribution < -0.4 is 16.4 Å². The van der Waals surface area contributed by atoms with E-state index in [1.54, 1.807) is 12.1 Å². The van der Waals surface area contributed by atoms with Crippen molar-refractivity contribution in [2.45, 2.75) is 71.7 Å². The number of unbranched alkanes of at least 4 members (excludes halogenated alkanes) is 1. The third-order valence-corrected chi connectivity index (χ3v) is 5.34. The van der Waals surface area contributed by atoms with Gasteiger partial charge in [-0.05, 0) is 43.6 Å². The summed E-state index contributed by atoms with van der Waals surface area (Å²) < 4.78 is 0. The molecule has 0 saturated heterocycles. The highest BCUT2D eigenvalue weighted by Gasteiger charge is 2.30. The molecule has 1 aromatic carbocycles. The third kappa shape index (κ3) is 10.8. The van der Waals surface area contributed by atoms with E-state index >= 15 is 0 Å². The number of nitrogens with one attached hydrogen (secondary N) is 2. The first-order valence-corrected chi connectivity index (χ1v) is 11.5. The van der Waals surface area contributed by atoms with Gasteiger partial charge in [0.25, 0.3) is 0 Å². The lowest BCUT2D eigenvalue weighted by molar-refractivity contribution is -0.125. The zero-order valence-electron chi connectivity index (χ0n) is 19.5. The summed E-state index contributed by atoms with van der Waals surface area (Å²) in [6, 6.07) is 6.81. The summed E-state index contributed by atoms with van der Waals surface area (Å²) in [6.07, 6.45) is 4.34. The van der Waals surface area contributed by atoms with Gasteiger partial charge in [0.15, 0.2) is 5.78 Å². The minimum atomic E-state index is -1.69. The molecule has 32 heavy (non-hydrogen) atoms. The molecule has 1 aromatic rings. The van der Waals surface area contributed by atoms with Crippen LogP contribution in [0.3, 0.4) is 0 Å². The van der Waals surface area contributed by atoms with E-state index in [2.05, 4.69) is 17.6 Å². The molecule has 178 valence electrons. The van der Waals surface area contributed by atoms with Crippen LogP contribution in [-0.2, 0) is 11.2 Å². The molecule has 1 rings (SSSR count). The Labute approximate surface area is 191 Å². The predicted octanol–water partition coefficient (Wildman–Crippen LogP) is 2.21. The predicted molar refractivity (Wildman–Crippen MR) is 126 cm³/mol. The second-order valence-electron chi connectivity index (χ2n) is 8.72. The van der Waals surface area contributed by atoms with Crippen molar-refractivity contribution in [3.63, 3.8) is 0 Å². The number of nitrogens with two attached hydrogens (primary N) is 1. The lowest BCUT2D eigenvalue weighted by Gasteiger charge is -2.23. The number of primary amides is 1. The Bertz CT molecular complexity index is 725. The number of aryl methyl sites for hydroxylation is 1. The molecule has 0 heterocycles. The minimum absolute atomic E-state index is 0.00731. The van der Waals surface area contributed by atoms with Crippen LogP contribution in [0, 0.1) is 11.8 Å². The standard InChI is InChI=1S/C23H38BN3O5/c1-4-5-7-17-9-11-18(12-10-17)20(28)15-19(8-6-13-26-23(25)30)22(29)27-21(24(31)32)14-16(2)3/h9-12,16,19,21,31-32H,4-8,13-15H2,1-3H3,(H,27,29)(H3,25,26,30)/t19-,21+/m1/s1. The monoisotopic (exact) mass is 447 g/mol. The first kappa shape index (κ1) is 27.6. The van der Waals surface area contributed by atoms with Crippen molar-refractivity contribution in [2.24, 2.45) is 17.6 Å². The Hall–Kier alpha value is -2.39. The molecule has 0 fully saturated rings. The van der Waals surface area contributed by atoms with Gasteiger partial charge in [0.1, 0.15) is 0 Å². The van der Waals surface area contributed by atoms with Gasteiger partial charge < -0.3 is 26.4 Å². The van der Waals surface area contributed by atoms with E-state index in [-0.39, 0.29) is 24.7 Å². The lowest BCUT2D eigenvalue weighted by atomic mass is 9.74. The summed E-state index contributed by atoms with van der Waals surface area (Å²) in [7, 11) is -1.69. The number of urea groups is 1. The van der Waals surface area contributed by atoms with Crippen molar-refractivity contribution in [2.75, 3.05) is 6.54 Å². The maximum atomic E-state index is 12.9. The van der Waals surface area contributed by atoms with Crippen LogP contribution in [-0.4, -0.2) is 47.4 Å². The molecule has 0 bridgehead atoms. The molecule has 3 amide bonds. The Balaban J connectivity index is 2.85. The van der Waals surface area contributed by atoms with Gasteiger partial charge in [-0.3, -0.25) is 9.59 Å². The summed E-state index contributed by atoms with van der Waals surface area (Å²) in [5, 5.41) is 24.4. The number of ketones is 1. The molecule has 0 saturated carbocycles. The number of carbonyl (C=O) groups excluding carboxylic acids is 3. The fraction of sp³-hybridized carbons (Fsp3) is 0.609. The SMILES string of the molecule is CCCCc1ccc(C(=O)C[C@@H](CCCNC(N)=O)C(=O)N[C@@H](CC(C)C)B(O)O)cc1. The summed E-state index contributed by atoms with van der Waals surface area (Å²) in [4.78, 5) is 36.6. The van der Waals surface area contributed by atoms with Crippen molar-refractivity contribution in [3.05, 3.63) is 35.4 Å². The first-order valence-electron chi connectivity index (χ1n) is 11.5. The molecule has 0 aliphatic heterocycles. The normalized spacial score (nSPS) is 12.8. The zero-order valence-corrected chi connectivity index (χ0v) is 19.5. The Morgan fingerprint density at radius 2 is 1.75 bits per heavy atom. The number of amides is 3. The summed E-state index contributed by atoms with van der Waals surface area (Å²) in [6.45, 7) is 6.26. The highest BCUT2D eigenvalue weighted by Crippen LogP contribution is 2.18. The van der Waals surface area contributed by atoms with Gasteiger partial charge in [-0.2, -0.15) is 0 Å². The van der Waals surface area contributed by atoms with E-state index in [1.165, 1.54) is 5.56 Å². The second kappa shape index (κ2) is 14.6. The van der Waals surface area contributed by atoms with Crippen LogP contribution in [0.4, 0.5) is 4.79 Å². The van der Waals surface area contributed by atoms with Crippen molar-refractivity contribution in [1.29, 1.82) is 0 Å². The Morgan fingerprint density at radius 3 is 2.28 bits per heavy atom. The van der Waals surface area contributed by atoms with Crippen molar-refractivity contribution >= 4 is 24.8 Å². The van der Waals surface area contributed by atoms with E-state index in [9.17, 15) is 24.4 Å². The summed E-state index contributed by atoms with van der Waals surface area (Å²) in [5.74, 6) is -1.89. The molecule has 9 heteroatoms. The maximum Gasteiger partial charge on any atom is 0.475 e. The molecule has 0 spiro atoms. The number of Topliss-reactive ketones (excluding diaryl/α,β-unsaturated/α-hetero) is 1. The van der Waals surface area contributed by atoms with E-state index in [1.807, 2.05) is 26.0 Å². The van der Waals surface area contributed by atoms with Gasteiger partial charge in [-0.15, -0.1) is 0 Å². The Morgan fingerprint density at radius 1 is 1.09 bits per heavy atom. The fourth-order valence-electron chi connectivity index (χ4n) is 3.53. The number of hydrogen-bond acceptors (Lipinski definition) is 5. The molecule has 6 N–H and O–H groups in total. The lowest BCUT2D eigenvalue weighted by Crippen LogP contribution is -2.49.